The van der Waals surface area contributed by atoms with Crippen LogP contribution in [0.5, 0.6) is 0 Å². The number of carbonyl (C=O) groups is 1. The Morgan fingerprint density at radius 1 is 1.33 bits per heavy atom. The molecule has 0 bridgehead atoms. The molecule has 0 atom stereocenters. The summed E-state index contributed by atoms with van der Waals surface area (Å²) in [6.45, 7) is 4.40. The monoisotopic (exact) mass is 205 g/mol. The van der Waals surface area contributed by atoms with Crippen molar-refractivity contribution < 1.29 is 4.79 Å². The number of amides is 1. The lowest BCUT2D eigenvalue weighted by molar-refractivity contribution is -0.119. The van der Waals surface area contributed by atoms with E-state index in [1.807, 2.05) is 12.1 Å². The van der Waals surface area contributed by atoms with E-state index in [0.29, 0.717) is 12.3 Å². The van der Waals surface area contributed by atoms with E-state index < -0.39 is 0 Å². The maximum absolute atomic E-state index is 11.2. The number of likely N-dealkylation sites (N-methyl/N-ethyl adjacent to an activating group) is 1. The second-order valence-electron chi connectivity index (χ2n) is 4.27. The highest BCUT2D eigenvalue weighted by Gasteiger charge is 2.02. The van der Waals surface area contributed by atoms with Crippen molar-refractivity contribution in [2.24, 2.45) is 5.92 Å². The molecule has 1 amide bonds. The Labute approximate surface area is 91.7 Å². The maximum Gasteiger partial charge on any atom is 0.224 e. The average molecular weight is 205 g/mol. The molecule has 0 fully saturated rings. The van der Waals surface area contributed by atoms with Gasteiger partial charge < -0.3 is 5.32 Å². The van der Waals surface area contributed by atoms with Crippen molar-refractivity contribution in [1.29, 1.82) is 0 Å². The first-order valence-electron chi connectivity index (χ1n) is 5.40. The molecule has 0 aliphatic heterocycles. The largest absolute Gasteiger partial charge is 0.359 e. The van der Waals surface area contributed by atoms with Crippen LogP contribution in [0.2, 0.25) is 0 Å². The van der Waals surface area contributed by atoms with Crippen LogP contribution in [0.25, 0.3) is 0 Å². The van der Waals surface area contributed by atoms with Gasteiger partial charge in [0.25, 0.3) is 0 Å². The summed E-state index contributed by atoms with van der Waals surface area (Å²) in [5, 5.41) is 2.63. The lowest BCUT2D eigenvalue weighted by Gasteiger charge is -2.07. The van der Waals surface area contributed by atoms with Crippen LogP contribution in [0.3, 0.4) is 0 Å². The maximum atomic E-state index is 11.2. The summed E-state index contributed by atoms with van der Waals surface area (Å²) in [6, 6.07) is 8.26. The molecule has 0 unspecified atom stereocenters. The van der Waals surface area contributed by atoms with Crippen molar-refractivity contribution in [3.8, 4) is 0 Å². The van der Waals surface area contributed by atoms with Crippen LogP contribution >= 0.6 is 0 Å². The number of rotatable bonds is 4. The third-order valence-corrected chi connectivity index (χ3v) is 2.28. The van der Waals surface area contributed by atoms with Gasteiger partial charge in [-0.1, -0.05) is 38.1 Å². The minimum atomic E-state index is 0.0664. The minimum absolute atomic E-state index is 0.0664. The predicted molar refractivity (Wildman–Crippen MR) is 62.8 cm³/mol. The number of hydrogen-bond acceptors (Lipinski definition) is 1. The predicted octanol–water partition coefficient (Wildman–Crippen LogP) is 2.17. The molecule has 0 radical (unpaired) electrons. The summed E-state index contributed by atoms with van der Waals surface area (Å²) in [4.78, 5) is 11.2. The molecule has 2 heteroatoms. The van der Waals surface area contributed by atoms with Gasteiger partial charge in [0.1, 0.15) is 0 Å². The van der Waals surface area contributed by atoms with Crippen LogP contribution in [0.1, 0.15) is 25.0 Å². The SMILES string of the molecule is CNC(=O)Cc1cccc(CC(C)C)c1. The Hall–Kier alpha value is -1.31. The standard InChI is InChI=1S/C13H19NO/c1-10(2)7-11-5-4-6-12(8-11)9-13(15)14-3/h4-6,8,10H,7,9H2,1-3H3,(H,14,15). The van der Waals surface area contributed by atoms with Crippen molar-refractivity contribution in [3.63, 3.8) is 0 Å². The first-order chi connectivity index (χ1) is 7.11. The lowest BCUT2D eigenvalue weighted by atomic mass is 10.00. The third-order valence-electron chi connectivity index (χ3n) is 2.28. The van der Waals surface area contributed by atoms with Gasteiger partial charge in [0.15, 0.2) is 0 Å². The smallest absolute Gasteiger partial charge is 0.224 e. The van der Waals surface area contributed by atoms with E-state index in [9.17, 15) is 4.79 Å². The second-order valence-corrected chi connectivity index (χ2v) is 4.27. The molecule has 0 saturated heterocycles. The third kappa shape index (κ3) is 4.15. The zero-order valence-corrected chi connectivity index (χ0v) is 9.71. The van der Waals surface area contributed by atoms with E-state index in [1.54, 1.807) is 7.05 Å². The van der Waals surface area contributed by atoms with Crippen LogP contribution < -0.4 is 5.32 Å². The van der Waals surface area contributed by atoms with Crippen molar-refractivity contribution >= 4 is 5.91 Å². The quantitative estimate of drug-likeness (QED) is 0.802. The molecule has 1 aromatic rings. The number of nitrogens with one attached hydrogen (secondary N) is 1. The fourth-order valence-corrected chi connectivity index (χ4v) is 1.61. The summed E-state index contributed by atoms with van der Waals surface area (Å²) in [6.07, 6.45) is 1.55. The summed E-state index contributed by atoms with van der Waals surface area (Å²) in [7, 11) is 1.67. The van der Waals surface area contributed by atoms with Crippen molar-refractivity contribution in [1.82, 2.24) is 5.32 Å². The molecular weight excluding hydrogens is 186 g/mol. The fourth-order valence-electron chi connectivity index (χ4n) is 1.61. The highest BCUT2D eigenvalue weighted by molar-refractivity contribution is 5.78. The topological polar surface area (TPSA) is 29.1 Å². The van der Waals surface area contributed by atoms with Crippen LogP contribution in [0.15, 0.2) is 24.3 Å². The molecule has 0 aromatic heterocycles. The van der Waals surface area contributed by atoms with Gasteiger partial charge >= 0.3 is 0 Å². The highest BCUT2D eigenvalue weighted by Crippen LogP contribution is 2.10. The molecule has 0 aliphatic rings. The van der Waals surface area contributed by atoms with E-state index in [0.717, 1.165) is 12.0 Å². The van der Waals surface area contributed by atoms with Crippen LogP contribution in [-0.2, 0) is 17.6 Å². The average Bonchev–Trinajstić information content (AvgIpc) is 2.17. The molecule has 0 heterocycles. The Balaban J connectivity index is 2.69. The van der Waals surface area contributed by atoms with E-state index in [2.05, 4.69) is 31.3 Å². The van der Waals surface area contributed by atoms with Gasteiger partial charge in [-0.15, -0.1) is 0 Å². The molecule has 0 saturated carbocycles. The lowest BCUT2D eigenvalue weighted by Crippen LogP contribution is -2.19. The summed E-state index contributed by atoms with van der Waals surface area (Å²) < 4.78 is 0. The molecule has 1 rings (SSSR count). The zero-order valence-electron chi connectivity index (χ0n) is 9.71. The molecule has 1 N–H and O–H groups in total. The number of hydrogen-bond donors (Lipinski definition) is 1. The van der Waals surface area contributed by atoms with Gasteiger partial charge in [-0.25, -0.2) is 0 Å². The van der Waals surface area contributed by atoms with Gasteiger partial charge in [0.2, 0.25) is 5.91 Å². The number of carbonyl (C=O) groups excluding carboxylic acids is 1. The van der Waals surface area contributed by atoms with Crippen molar-refractivity contribution in [2.75, 3.05) is 7.05 Å². The van der Waals surface area contributed by atoms with Gasteiger partial charge in [-0.05, 0) is 23.5 Å². The Morgan fingerprint density at radius 3 is 2.60 bits per heavy atom. The number of benzene rings is 1. The zero-order chi connectivity index (χ0) is 11.3. The fraction of sp³-hybridized carbons (Fsp3) is 0.462. The molecule has 0 spiro atoms. The van der Waals surface area contributed by atoms with E-state index >= 15 is 0 Å². The Bertz CT molecular complexity index is 331. The van der Waals surface area contributed by atoms with E-state index in [4.69, 9.17) is 0 Å². The summed E-state index contributed by atoms with van der Waals surface area (Å²) >= 11 is 0. The second kappa shape index (κ2) is 5.54. The molecule has 1 aromatic carbocycles. The van der Waals surface area contributed by atoms with Crippen LogP contribution in [-0.4, -0.2) is 13.0 Å². The van der Waals surface area contributed by atoms with Crippen molar-refractivity contribution in [3.05, 3.63) is 35.4 Å². The Morgan fingerprint density at radius 2 is 2.00 bits per heavy atom. The molecule has 82 valence electrons. The first kappa shape index (κ1) is 11.8. The van der Waals surface area contributed by atoms with Crippen LogP contribution in [0, 0.1) is 5.92 Å². The Kier molecular flexibility index (Phi) is 4.35. The van der Waals surface area contributed by atoms with Crippen LogP contribution in [0.4, 0.5) is 0 Å². The summed E-state index contributed by atoms with van der Waals surface area (Å²) in [5.41, 5.74) is 2.40. The van der Waals surface area contributed by atoms with Gasteiger partial charge in [0, 0.05) is 7.05 Å². The molecule has 2 nitrogen and oxygen atoms in total. The van der Waals surface area contributed by atoms with Gasteiger partial charge in [0.05, 0.1) is 6.42 Å². The molecule has 0 aliphatic carbocycles. The van der Waals surface area contributed by atoms with Gasteiger partial charge in [-0.2, -0.15) is 0 Å². The van der Waals surface area contributed by atoms with Gasteiger partial charge in [-0.3, -0.25) is 4.79 Å². The van der Waals surface area contributed by atoms with E-state index in [1.165, 1.54) is 5.56 Å². The first-order valence-corrected chi connectivity index (χ1v) is 5.40. The van der Waals surface area contributed by atoms with Crippen molar-refractivity contribution in [2.45, 2.75) is 26.7 Å². The molecule has 15 heavy (non-hydrogen) atoms. The molecular formula is C13H19NO. The highest BCUT2D eigenvalue weighted by atomic mass is 16.1. The van der Waals surface area contributed by atoms with E-state index in [-0.39, 0.29) is 5.91 Å². The normalized spacial score (nSPS) is 10.4. The minimum Gasteiger partial charge on any atom is -0.359 e. The summed E-state index contributed by atoms with van der Waals surface area (Å²) in [5.74, 6) is 0.719.